The Morgan fingerprint density at radius 1 is 1.08 bits per heavy atom. The maximum atomic E-state index is 12.4. The third kappa shape index (κ3) is 3.08. The van der Waals surface area contributed by atoms with Crippen molar-refractivity contribution in [3.05, 3.63) is 75.6 Å². The Balaban J connectivity index is 2.03. The number of amides is 1. The minimum atomic E-state index is -0.157. The molecule has 0 spiro atoms. The maximum Gasteiger partial charge on any atom is 0.253 e. The van der Waals surface area contributed by atoms with Crippen LogP contribution >= 0.6 is 0 Å². The van der Waals surface area contributed by atoms with Crippen LogP contribution in [0.3, 0.4) is 0 Å². The Labute approximate surface area is 140 Å². The van der Waals surface area contributed by atoms with Crippen LogP contribution in [-0.2, 0) is 11.3 Å². The third-order valence-corrected chi connectivity index (χ3v) is 4.22. The Bertz CT molecular complexity index is 956. The van der Waals surface area contributed by atoms with E-state index in [1.807, 2.05) is 62.4 Å². The van der Waals surface area contributed by atoms with Crippen LogP contribution in [0.15, 0.2) is 53.3 Å². The molecule has 2 aromatic carbocycles. The van der Waals surface area contributed by atoms with Crippen LogP contribution in [0.2, 0.25) is 0 Å². The average molecular weight is 320 g/mol. The van der Waals surface area contributed by atoms with E-state index < -0.39 is 0 Å². The van der Waals surface area contributed by atoms with E-state index in [1.165, 1.54) is 6.92 Å². The smallest absolute Gasteiger partial charge is 0.253 e. The first-order valence-corrected chi connectivity index (χ1v) is 7.92. The molecule has 24 heavy (non-hydrogen) atoms. The number of benzene rings is 2. The summed E-state index contributed by atoms with van der Waals surface area (Å²) in [5.41, 5.74) is 4.20. The van der Waals surface area contributed by atoms with Crippen LogP contribution in [0.25, 0.3) is 10.9 Å². The fraction of sp³-hybridized carbons (Fsp3) is 0.200. The Morgan fingerprint density at radius 3 is 2.46 bits per heavy atom. The van der Waals surface area contributed by atoms with Crippen molar-refractivity contribution in [3.8, 4) is 0 Å². The highest BCUT2D eigenvalue weighted by Gasteiger charge is 2.15. The minimum absolute atomic E-state index is 0.0948. The van der Waals surface area contributed by atoms with Crippen molar-refractivity contribution in [1.82, 2.24) is 4.98 Å². The predicted molar refractivity (Wildman–Crippen MR) is 97.3 cm³/mol. The molecule has 4 nitrogen and oxygen atoms in total. The number of H-pyrrole nitrogens is 1. The molecule has 0 saturated heterocycles. The molecule has 0 bridgehead atoms. The number of aryl methyl sites for hydroxylation is 2. The van der Waals surface area contributed by atoms with Crippen LogP contribution in [-0.4, -0.2) is 10.9 Å². The molecule has 0 atom stereocenters. The molecule has 0 aliphatic heterocycles. The van der Waals surface area contributed by atoms with E-state index in [-0.39, 0.29) is 18.0 Å². The molecule has 1 heterocycles. The number of aromatic nitrogens is 1. The van der Waals surface area contributed by atoms with E-state index in [2.05, 4.69) is 4.98 Å². The number of pyridine rings is 1. The number of nitrogens with one attached hydrogen (secondary N) is 1. The highest BCUT2D eigenvalue weighted by molar-refractivity contribution is 5.91. The van der Waals surface area contributed by atoms with Gasteiger partial charge in [-0.2, -0.15) is 0 Å². The van der Waals surface area contributed by atoms with Gasteiger partial charge in [0.25, 0.3) is 5.56 Å². The molecule has 3 rings (SSSR count). The Kier molecular flexibility index (Phi) is 4.21. The quantitative estimate of drug-likeness (QED) is 0.800. The summed E-state index contributed by atoms with van der Waals surface area (Å²) in [4.78, 5) is 29.1. The second kappa shape index (κ2) is 6.32. The molecule has 0 fully saturated rings. The lowest BCUT2D eigenvalue weighted by atomic mass is 10.1. The van der Waals surface area contributed by atoms with Crippen LogP contribution in [0.4, 0.5) is 5.69 Å². The van der Waals surface area contributed by atoms with Crippen molar-refractivity contribution in [2.45, 2.75) is 27.3 Å². The van der Waals surface area contributed by atoms with Crippen LogP contribution < -0.4 is 10.5 Å². The lowest BCUT2D eigenvalue weighted by molar-refractivity contribution is -0.116. The van der Waals surface area contributed by atoms with Gasteiger partial charge in [0.1, 0.15) is 0 Å². The van der Waals surface area contributed by atoms with Gasteiger partial charge < -0.3 is 9.88 Å². The number of carbonyl (C=O) groups excluding carboxylic acids is 1. The highest BCUT2D eigenvalue weighted by atomic mass is 16.2. The van der Waals surface area contributed by atoms with E-state index in [9.17, 15) is 9.59 Å². The first kappa shape index (κ1) is 16.0. The predicted octanol–water partition coefficient (Wildman–Crippen LogP) is 3.70. The fourth-order valence-corrected chi connectivity index (χ4v) is 2.83. The summed E-state index contributed by atoms with van der Waals surface area (Å²) in [6, 6.07) is 15.5. The lowest BCUT2D eigenvalue weighted by Gasteiger charge is -2.21. The van der Waals surface area contributed by atoms with Gasteiger partial charge in [-0.05, 0) is 43.0 Å². The summed E-state index contributed by atoms with van der Waals surface area (Å²) in [6.07, 6.45) is 0. The van der Waals surface area contributed by atoms with Crippen LogP contribution in [0.5, 0.6) is 0 Å². The number of para-hydroxylation sites is 1. The number of hydrogen-bond donors (Lipinski definition) is 1. The van der Waals surface area contributed by atoms with E-state index in [4.69, 9.17) is 0 Å². The molecule has 122 valence electrons. The normalized spacial score (nSPS) is 10.8. The molecule has 1 N–H and O–H groups in total. The summed E-state index contributed by atoms with van der Waals surface area (Å²) in [6.45, 7) is 5.72. The number of rotatable bonds is 3. The molecule has 0 unspecified atom stereocenters. The van der Waals surface area contributed by atoms with E-state index in [1.54, 1.807) is 4.90 Å². The number of nitrogens with zero attached hydrogens (tertiary/aromatic N) is 1. The number of anilines is 1. The van der Waals surface area contributed by atoms with Crippen molar-refractivity contribution >= 4 is 22.5 Å². The van der Waals surface area contributed by atoms with E-state index >= 15 is 0 Å². The van der Waals surface area contributed by atoms with Crippen molar-refractivity contribution in [2.75, 3.05) is 4.90 Å². The van der Waals surface area contributed by atoms with Crippen molar-refractivity contribution in [3.63, 3.8) is 0 Å². The summed E-state index contributed by atoms with van der Waals surface area (Å²) in [5.74, 6) is -0.0948. The average Bonchev–Trinajstić information content (AvgIpc) is 2.54. The van der Waals surface area contributed by atoms with Gasteiger partial charge in [0.15, 0.2) is 0 Å². The van der Waals surface area contributed by atoms with E-state index in [0.29, 0.717) is 5.56 Å². The van der Waals surface area contributed by atoms with Crippen LogP contribution in [0.1, 0.15) is 23.6 Å². The van der Waals surface area contributed by atoms with Gasteiger partial charge in [-0.3, -0.25) is 9.59 Å². The standard InChI is InChI=1S/C20H20N2O2/c1-13-7-9-18(10-8-13)22(15(3)23)12-17-11-16-6-4-5-14(2)19(16)21-20(17)24/h4-11H,12H2,1-3H3,(H,21,24). The minimum Gasteiger partial charge on any atom is -0.321 e. The first-order valence-electron chi connectivity index (χ1n) is 7.92. The summed E-state index contributed by atoms with van der Waals surface area (Å²) >= 11 is 0. The van der Waals surface area contributed by atoms with Gasteiger partial charge in [-0.15, -0.1) is 0 Å². The second-order valence-corrected chi connectivity index (χ2v) is 6.10. The third-order valence-electron chi connectivity index (χ3n) is 4.22. The highest BCUT2D eigenvalue weighted by Crippen LogP contribution is 2.20. The molecule has 0 radical (unpaired) electrons. The van der Waals surface area contributed by atoms with Gasteiger partial charge in [-0.25, -0.2) is 0 Å². The summed E-state index contributed by atoms with van der Waals surface area (Å²) < 4.78 is 0. The lowest BCUT2D eigenvalue weighted by Crippen LogP contribution is -2.30. The Hall–Kier alpha value is -2.88. The van der Waals surface area contributed by atoms with E-state index in [0.717, 1.165) is 27.7 Å². The molecule has 0 saturated carbocycles. The van der Waals surface area contributed by atoms with Crippen molar-refractivity contribution in [1.29, 1.82) is 0 Å². The van der Waals surface area contributed by atoms with Gasteiger partial charge in [-0.1, -0.05) is 35.9 Å². The number of hydrogen-bond acceptors (Lipinski definition) is 2. The first-order chi connectivity index (χ1) is 11.5. The Morgan fingerprint density at radius 2 is 1.79 bits per heavy atom. The topological polar surface area (TPSA) is 53.2 Å². The maximum absolute atomic E-state index is 12.4. The molecule has 0 aliphatic carbocycles. The number of fused-ring (bicyclic) bond motifs is 1. The zero-order chi connectivity index (χ0) is 17.3. The zero-order valence-electron chi connectivity index (χ0n) is 14.1. The van der Waals surface area contributed by atoms with Crippen LogP contribution in [0, 0.1) is 13.8 Å². The van der Waals surface area contributed by atoms with Gasteiger partial charge in [0, 0.05) is 18.2 Å². The zero-order valence-corrected chi connectivity index (χ0v) is 14.1. The van der Waals surface area contributed by atoms with Crippen molar-refractivity contribution in [2.24, 2.45) is 0 Å². The SMILES string of the molecule is CC(=O)N(Cc1cc2cccc(C)c2[nH]c1=O)c1ccc(C)cc1. The number of carbonyl (C=O) groups is 1. The van der Waals surface area contributed by atoms with Gasteiger partial charge in [0.2, 0.25) is 5.91 Å². The van der Waals surface area contributed by atoms with Crippen molar-refractivity contribution < 1.29 is 4.79 Å². The molecule has 1 amide bonds. The molecular formula is C20H20N2O2. The molecule has 4 heteroatoms. The second-order valence-electron chi connectivity index (χ2n) is 6.10. The van der Waals surface area contributed by atoms with Gasteiger partial charge >= 0.3 is 0 Å². The summed E-state index contributed by atoms with van der Waals surface area (Å²) in [7, 11) is 0. The number of aromatic amines is 1. The largest absolute Gasteiger partial charge is 0.321 e. The van der Waals surface area contributed by atoms with Gasteiger partial charge in [0.05, 0.1) is 12.1 Å². The molecule has 0 aliphatic rings. The summed E-state index contributed by atoms with van der Waals surface area (Å²) in [5, 5.41) is 0.969. The molecular weight excluding hydrogens is 300 g/mol. The molecule has 3 aromatic rings. The molecule has 1 aromatic heterocycles. The monoisotopic (exact) mass is 320 g/mol. The fourth-order valence-electron chi connectivity index (χ4n) is 2.83.